The molecule has 0 aliphatic carbocycles. The van der Waals surface area contributed by atoms with Gasteiger partial charge in [0.25, 0.3) is 5.91 Å². The molecule has 4 nitrogen and oxygen atoms in total. The van der Waals surface area contributed by atoms with Gasteiger partial charge in [-0.25, -0.2) is 4.39 Å². The molecule has 3 rings (SSSR count). The van der Waals surface area contributed by atoms with Crippen molar-refractivity contribution in [3.8, 4) is 5.75 Å². The predicted octanol–water partition coefficient (Wildman–Crippen LogP) is 5.74. The number of nitrogens with one attached hydrogen (secondary N) is 1. The van der Waals surface area contributed by atoms with Crippen LogP contribution in [0.2, 0.25) is 5.02 Å². The second kappa shape index (κ2) is 9.92. The smallest absolute Gasteiger partial charge is 0.263 e. The minimum Gasteiger partial charge on any atom is -0.478 e. The Balaban J connectivity index is 1.74. The topological polar surface area (TPSA) is 51.2 Å². The van der Waals surface area contributed by atoms with Crippen molar-refractivity contribution in [2.75, 3.05) is 6.54 Å². The lowest BCUT2D eigenvalue weighted by Gasteiger charge is -2.29. The Kier molecular flexibility index (Phi) is 7.29. The van der Waals surface area contributed by atoms with E-state index in [0.29, 0.717) is 17.3 Å². The molecule has 0 aliphatic rings. The molecule has 1 amide bonds. The third kappa shape index (κ3) is 6.05. The molecule has 0 saturated heterocycles. The van der Waals surface area contributed by atoms with E-state index >= 15 is 0 Å². The summed E-state index contributed by atoms with van der Waals surface area (Å²) in [5.41, 5.74) is 0.870. The second-order valence-corrected chi connectivity index (χ2v) is 8.41. The van der Waals surface area contributed by atoms with Crippen LogP contribution in [0.25, 0.3) is 0 Å². The van der Waals surface area contributed by atoms with Crippen molar-refractivity contribution in [3.05, 3.63) is 95.0 Å². The normalized spacial score (nSPS) is 13.3. The monoisotopic (exact) mass is 440 g/mol. The number of amides is 1. The number of pyridine rings is 1. The quantitative estimate of drug-likeness (QED) is 0.486. The highest BCUT2D eigenvalue weighted by molar-refractivity contribution is 6.30. The standard InChI is InChI=1S/C25H26ClFN2O2/c1-17(18-7-9-19(26)10-8-18)22(23-6-4-5-15-28-23)16-29-24(30)25(2,3)31-21-13-11-20(27)12-14-21/h4-15,17,22H,16H2,1-3H3,(H,29,30). The molecule has 0 saturated carbocycles. The Morgan fingerprint density at radius 1 is 1.10 bits per heavy atom. The molecule has 0 radical (unpaired) electrons. The molecule has 0 fully saturated rings. The van der Waals surface area contributed by atoms with Crippen LogP contribution in [0.3, 0.4) is 0 Å². The van der Waals surface area contributed by atoms with Gasteiger partial charge in [0.05, 0.1) is 0 Å². The van der Waals surface area contributed by atoms with Crippen molar-refractivity contribution in [1.82, 2.24) is 10.3 Å². The van der Waals surface area contributed by atoms with Crippen molar-refractivity contribution in [2.24, 2.45) is 0 Å². The summed E-state index contributed by atoms with van der Waals surface area (Å²) in [7, 11) is 0. The van der Waals surface area contributed by atoms with Crippen LogP contribution < -0.4 is 10.1 Å². The van der Waals surface area contributed by atoms with Gasteiger partial charge >= 0.3 is 0 Å². The maximum Gasteiger partial charge on any atom is 0.263 e. The van der Waals surface area contributed by atoms with Gasteiger partial charge in [-0.05, 0) is 73.9 Å². The zero-order valence-electron chi connectivity index (χ0n) is 17.8. The molecule has 31 heavy (non-hydrogen) atoms. The van der Waals surface area contributed by atoms with E-state index in [4.69, 9.17) is 16.3 Å². The van der Waals surface area contributed by atoms with Crippen LogP contribution in [0.5, 0.6) is 5.75 Å². The fraction of sp³-hybridized carbons (Fsp3) is 0.280. The van der Waals surface area contributed by atoms with Crippen LogP contribution in [0.1, 0.15) is 43.9 Å². The van der Waals surface area contributed by atoms with E-state index in [-0.39, 0.29) is 23.6 Å². The molecule has 1 N–H and O–H groups in total. The van der Waals surface area contributed by atoms with Gasteiger partial charge in [-0.3, -0.25) is 9.78 Å². The molecule has 2 aromatic carbocycles. The number of benzene rings is 2. The van der Waals surface area contributed by atoms with Crippen molar-refractivity contribution in [2.45, 2.75) is 38.2 Å². The Hall–Kier alpha value is -2.92. The predicted molar refractivity (Wildman–Crippen MR) is 121 cm³/mol. The van der Waals surface area contributed by atoms with E-state index in [9.17, 15) is 9.18 Å². The molecule has 6 heteroatoms. The first-order chi connectivity index (χ1) is 14.8. The first-order valence-electron chi connectivity index (χ1n) is 10.2. The van der Waals surface area contributed by atoms with Crippen molar-refractivity contribution >= 4 is 17.5 Å². The van der Waals surface area contributed by atoms with E-state index in [1.165, 1.54) is 24.3 Å². The molecular weight excluding hydrogens is 415 g/mol. The third-order valence-corrected chi connectivity index (χ3v) is 5.53. The molecule has 0 aliphatic heterocycles. The van der Waals surface area contributed by atoms with Crippen LogP contribution in [-0.4, -0.2) is 23.0 Å². The lowest BCUT2D eigenvalue weighted by Crippen LogP contribution is -2.48. The molecule has 0 spiro atoms. The zero-order valence-corrected chi connectivity index (χ0v) is 18.6. The summed E-state index contributed by atoms with van der Waals surface area (Å²) < 4.78 is 18.9. The minimum absolute atomic E-state index is 0.0482. The van der Waals surface area contributed by atoms with Gasteiger partial charge in [-0.2, -0.15) is 0 Å². The summed E-state index contributed by atoms with van der Waals surface area (Å²) in [4.78, 5) is 17.4. The summed E-state index contributed by atoms with van der Waals surface area (Å²) in [5.74, 6) is -0.149. The highest BCUT2D eigenvalue weighted by Crippen LogP contribution is 2.32. The number of hydrogen-bond donors (Lipinski definition) is 1. The van der Waals surface area contributed by atoms with Gasteiger partial charge in [0.1, 0.15) is 11.6 Å². The Labute approximate surface area is 187 Å². The van der Waals surface area contributed by atoms with Crippen LogP contribution in [0, 0.1) is 5.82 Å². The third-order valence-electron chi connectivity index (χ3n) is 5.28. The summed E-state index contributed by atoms with van der Waals surface area (Å²) in [5, 5.41) is 3.69. The van der Waals surface area contributed by atoms with E-state index in [0.717, 1.165) is 11.3 Å². The number of aromatic nitrogens is 1. The molecular formula is C25H26ClFN2O2. The molecule has 2 unspecified atom stereocenters. The first kappa shape index (κ1) is 22.8. The van der Waals surface area contributed by atoms with E-state index in [1.54, 1.807) is 20.0 Å². The lowest BCUT2D eigenvalue weighted by molar-refractivity contribution is -0.134. The van der Waals surface area contributed by atoms with E-state index < -0.39 is 5.60 Å². The highest BCUT2D eigenvalue weighted by atomic mass is 35.5. The van der Waals surface area contributed by atoms with Crippen LogP contribution >= 0.6 is 11.6 Å². The lowest BCUT2D eigenvalue weighted by atomic mass is 9.84. The number of carbonyl (C=O) groups excluding carboxylic acids is 1. The molecule has 3 aromatic rings. The summed E-state index contributed by atoms with van der Waals surface area (Å²) in [6, 6.07) is 19.1. The Bertz CT molecular complexity index is 992. The second-order valence-electron chi connectivity index (χ2n) is 7.98. The van der Waals surface area contributed by atoms with E-state index in [1.807, 2.05) is 42.5 Å². The Morgan fingerprint density at radius 3 is 2.39 bits per heavy atom. The molecule has 1 aromatic heterocycles. The zero-order chi connectivity index (χ0) is 22.4. The highest BCUT2D eigenvalue weighted by Gasteiger charge is 2.31. The van der Waals surface area contributed by atoms with E-state index in [2.05, 4.69) is 17.2 Å². The largest absolute Gasteiger partial charge is 0.478 e. The fourth-order valence-corrected chi connectivity index (χ4v) is 3.52. The average Bonchev–Trinajstić information content (AvgIpc) is 2.76. The first-order valence-corrected chi connectivity index (χ1v) is 10.5. The van der Waals surface area contributed by atoms with Gasteiger partial charge in [0.15, 0.2) is 5.60 Å². The minimum atomic E-state index is -1.13. The Morgan fingerprint density at radius 2 is 1.77 bits per heavy atom. The van der Waals surface area contributed by atoms with Gasteiger partial charge < -0.3 is 10.1 Å². The van der Waals surface area contributed by atoms with Crippen molar-refractivity contribution in [3.63, 3.8) is 0 Å². The van der Waals surface area contributed by atoms with Gasteiger partial charge in [0, 0.05) is 29.4 Å². The van der Waals surface area contributed by atoms with Crippen LogP contribution in [0.4, 0.5) is 4.39 Å². The van der Waals surface area contributed by atoms with Crippen LogP contribution in [0.15, 0.2) is 72.9 Å². The molecule has 2 atom stereocenters. The summed E-state index contributed by atoms with van der Waals surface area (Å²) in [6.07, 6.45) is 1.75. The average molecular weight is 441 g/mol. The van der Waals surface area contributed by atoms with Crippen LogP contribution in [-0.2, 0) is 4.79 Å². The van der Waals surface area contributed by atoms with Gasteiger partial charge in [0.2, 0.25) is 0 Å². The maximum atomic E-state index is 13.1. The number of halogens is 2. The maximum absolute atomic E-state index is 13.1. The molecule has 1 heterocycles. The van der Waals surface area contributed by atoms with Crippen molar-refractivity contribution < 1.29 is 13.9 Å². The van der Waals surface area contributed by atoms with Gasteiger partial charge in [-0.15, -0.1) is 0 Å². The summed E-state index contributed by atoms with van der Waals surface area (Å²) >= 11 is 6.04. The summed E-state index contributed by atoms with van der Waals surface area (Å²) in [6.45, 7) is 5.86. The number of hydrogen-bond acceptors (Lipinski definition) is 3. The molecule has 0 bridgehead atoms. The SMILES string of the molecule is CC(c1ccc(Cl)cc1)C(CNC(=O)C(C)(C)Oc1ccc(F)cc1)c1ccccn1. The number of nitrogens with zero attached hydrogens (tertiary/aromatic N) is 1. The van der Waals surface area contributed by atoms with Crippen molar-refractivity contribution in [1.29, 1.82) is 0 Å². The van der Waals surface area contributed by atoms with Gasteiger partial charge in [-0.1, -0.05) is 36.7 Å². The number of ether oxygens (including phenoxy) is 1. The molecule has 162 valence electrons. The number of rotatable bonds is 8. The number of carbonyl (C=O) groups is 1. The fourth-order valence-electron chi connectivity index (χ4n) is 3.39.